The van der Waals surface area contributed by atoms with Gasteiger partial charge in [0.05, 0.1) is 29.5 Å². The van der Waals surface area contributed by atoms with Crippen molar-refractivity contribution in [2.24, 2.45) is 0 Å². The number of carbonyl (C=O) groups is 1. The van der Waals surface area contributed by atoms with E-state index in [-0.39, 0.29) is 17.9 Å². The van der Waals surface area contributed by atoms with Gasteiger partial charge in [-0.1, -0.05) is 0 Å². The first kappa shape index (κ1) is 22.7. The van der Waals surface area contributed by atoms with Crippen LogP contribution in [0.5, 0.6) is 5.75 Å². The number of ether oxygens (including phenoxy) is 1. The van der Waals surface area contributed by atoms with Gasteiger partial charge < -0.3 is 10.1 Å². The SMILES string of the molecule is CCOc1ccc(-c2nnc([C@H]3C[C@H](NC(=O)c4ccc5ncccc5n4)C3)n2-c2ccncc2)nc1. The lowest BCUT2D eigenvalue weighted by Gasteiger charge is -2.35. The van der Waals surface area contributed by atoms with Gasteiger partial charge in [0, 0.05) is 30.6 Å². The molecule has 1 amide bonds. The predicted molar refractivity (Wildman–Crippen MR) is 136 cm³/mol. The molecule has 1 saturated carbocycles. The molecule has 0 aliphatic heterocycles. The van der Waals surface area contributed by atoms with Gasteiger partial charge in [-0.2, -0.15) is 0 Å². The largest absolute Gasteiger partial charge is 0.492 e. The second-order valence-corrected chi connectivity index (χ2v) is 8.81. The number of rotatable bonds is 7. The van der Waals surface area contributed by atoms with Crippen molar-refractivity contribution in [2.75, 3.05) is 6.61 Å². The normalized spacial score (nSPS) is 16.8. The minimum absolute atomic E-state index is 0.0264. The van der Waals surface area contributed by atoms with Crippen molar-refractivity contribution in [1.29, 1.82) is 0 Å². The molecule has 0 unspecified atom stereocenters. The maximum atomic E-state index is 12.8. The fourth-order valence-electron chi connectivity index (χ4n) is 4.53. The average Bonchev–Trinajstić information content (AvgIpc) is 3.35. The summed E-state index contributed by atoms with van der Waals surface area (Å²) in [4.78, 5) is 30.2. The van der Waals surface area contributed by atoms with Gasteiger partial charge >= 0.3 is 0 Å². The fourth-order valence-corrected chi connectivity index (χ4v) is 4.53. The highest BCUT2D eigenvalue weighted by molar-refractivity contribution is 5.94. The second kappa shape index (κ2) is 9.73. The molecule has 1 aliphatic rings. The van der Waals surface area contributed by atoms with Crippen LogP contribution in [0.2, 0.25) is 0 Å². The van der Waals surface area contributed by atoms with Crippen LogP contribution in [-0.4, -0.2) is 53.3 Å². The molecule has 1 fully saturated rings. The summed E-state index contributed by atoms with van der Waals surface area (Å²) in [7, 11) is 0. The molecule has 184 valence electrons. The highest BCUT2D eigenvalue weighted by Gasteiger charge is 2.36. The van der Waals surface area contributed by atoms with Gasteiger partial charge in [-0.3, -0.25) is 19.3 Å². The number of amides is 1. The summed E-state index contributed by atoms with van der Waals surface area (Å²) in [6.07, 6.45) is 8.38. The van der Waals surface area contributed by atoms with Crippen LogP contribution in [0, 0.1) is 0 Å². The minimum atomic E-state index is -0.191. The van der Waals surface area contributed by atoms with Gasteiger partial charge in [0.2, 0.25) is 0 Å². The van der Waals surface area contributed by atoms with Gasteiger partial charge in [0.25, 0.3) is 5.91 Å². The number of aromatic nitrogens is 7. The maximum Gasteiger partial charge on any atom is 0.270 e. The molecular formula is C27H24N8O2. The molecule has 5 aromatic heterocycles. The Labute approximate surface area is 212 Å². The summed E-state index contributed by atoms with van der Waals surface area (Å²) >= 11 is 0. The first-order valence-electron chi connectivity index (χ1n) is 12.2. The Morgan fingerprint density at radius 3 is 2.65 bits per heavy atom. The number of pyridine rings is 4. The van der Waals surface area contributed by atoms with E-state index in [0.29, 0.717) is 35.1 Å². The third-order valence-electron chi connectivity index (χ3n) is 6.41. The van der Waals surface area contributed by atoms with E-state index in [1.54, 1.807) is 30.9 Å². The Kier molecular flexibility index (Phi) is 5.97. The zero-order chi connectivity index (χ0) is 25.2. The molecule has 1 N–H and O–H groups in total. The standard InChI is InChI=1S/C27H24N8O2/c1-2-37-20-5-6-23(30-16-20)26-34-33-25(35(26)19-9-12-28-13-10-19)17-14-18(15-17)31-27(36)24-8-7-21-22(32-24)4-3-11-29-21/h3-13,16-18H,2,14-15H2,1H3,(H,31,36)/t17-,18-. The molecule has 0 aromatic carbocycles. The first-order valence-corrected chi connectivity index (χ1v) is 12.2. The van der Waals surface area contributed by atoms with Crippen molar-refractivity contribution in [3.8, 4) is 23.0 Å². The minimum Gasteiger partial charge on any atom is -0.492 e. The molecule has 1 aliphatic carbocycles. The second-order valence-electron chi connectivity index (χ2n) is 8.81. The van der Waals surface area contributed by atoms with Gasteiger partial charge in [0.1, 0.15) is 23.0 Å². The van der Waals surface area contributed by atoms with Crippen molar-refractivity contribution in [2.45, 2.75) is 31.7 Å². The van der Waals surface area contributed by atoms with Crippen molar-refractivity contribution < 1.29 is 9.53 Å². The Balaban J connectivity index is 1.21. The molecule has 37 heavy (non-hydrogen) atoms. The number of nitrogens with one attached hydrogen (secondary N) is 1. The van der Waals surface area contributed by atoms with E-state index in [0.717, 1.165) is 29.9 Å². The molecule has 0 bridgehead atoms. The smallest absolute Gasteiger partial charge is 0.270 e. The zero-order valence-corrected chi connectivity index (χ0v) is 20.2. The number of fused-ring (bicyclic) bond motifs is 1. The highest BCUT2D eigenvalue weighted by Crippen LogP contribution is 2.38. The summed E-state index contributed by atoms with van der Waals surface area (Å²) < 4.78 is 7.54. The maximum absolute atomic E-state index is 12.8. The van der Waals surface area contributed by atoms with Crippen LogP contribution in [-0.2, 0) is 0 Å². The molecule has 6 rings (SSSR count). The lowest BCUT2D eigenvalue weighted by molar-refractivity contribution is 0.0902. The van der Waals surface area contributed by atoms with Crippen LogP contribution in [0.25, 0.3) is 28.2 Å². The van der Waals surface area contributed by atoms with Gasteiger partial charge in [-0.25, -0.2) is 9.97 Å². The summed E-state index contributed by atoms with van der Waals surface area (Å²) in [6.45, 7) is 2.51. The molecule has 5 aromatic rings. The van der Waals surface area contributed by atoms with Crippen molar-refractivity contribution in [3.05, 3.63) is 84.8 Å². The van der Waals surface area contributed by atoms with E-state index in [9.17, 15) is 4.79 Å². The van der Waals surface area contributed by atoms with Gasteiger partial charge in [0.15, 0.2) is 5.82 Å². The Morgan fingerprint density at radius 1 is 1.00 bits per heavy atom. The first-order chi connectivity index (χ1) is 18.2. The van der Waals surface area contributed by atoms with Crippen molar-refractivity contribution >= 4 is 16.9 Å². The number of carbonyl (C=O) groups excluding carboxylic acids is 1. The van der Waals surface area contributed by atoms with Crippen molar-refractivity contribution in [3.63, 3.8) is 0 Å². The summed E-state index contributed by atoms with van der Waals surface area (Å²) in [5.41, 5.74) is 3.44. The molecule has 0 saturated heterocycles. The predicted octanol–water partition coefficient (Wildman–Crippen LogP) is 3.74. The third-order valence-corrected chi connectivity index (χ3v) is 6.41. The molecular weight excluding hydrogens is 468 g/mol. The van der Waals surface area contributed by atoms with Crippen LogP contribution < -0.4 is 10.1 Å². The van der Waals surface area contributed by atoms with Gasteiger partial charge in [-0.05, 0) is 68.3 Å². The van der Waals surface area contributed by atoms with E-state index in [2.05, 4.69) is 35.5 Å². The molecule has 0 spiro atoms. The van der Waals surface area contributed by atoms with Crippen LogP contribution in [0.1, 0.15) is 42.0 Å². The Bertz CT molecular complexity index is 1550. The Morgan fingerprint density at radius 2 is 1.86 bits per heavy atom. The van der Waals surface area contributed by atoms with Gasteiger partial charge in [-0.15, -0.1) is 10.2 Å². The summed E-state index contributed by atoms with van der Waals surface area (Å²) in [5.74, 6) is 2.12. The molecule has 0 radical (unpaired) electrons. The van der Waals surface area contributed by atoms with E-state index in [1.807, 2.05) is 54.0 Å². The monoisotopic (exact) mass is 492 g/mol. The highest BCUT2D eigenvalue weighted by atomic mass is 16.5. The number of nitrogens with zero attached hydrogens (tertiary/aromatic N) is 7. The molecule has 5 heterocycles. The lowest BCUT2D eigenvalue weighted by atomic mass is 9.79. The number of hydrogen-bond acceptors (Lipinski definition) is 8. The quantitative estimate of drug-likeness (QED) is 0.365. The van der Waals surface area contributed by atoms with E-state index < -0.39 is 0 Å². The summed E-state index contributed by atoms with van der Waals surface area (Å²) in [5, 5.41) is 12.1. The fraction of sp³-hybridized carbons (Fsp3) is 0.222. The Hall–Kier alpha value is -4.73. The van der Waals surface area contributed by atoms with Crippen LogP contribution >= 0.6 is 0 Å². The lowest BCUT2D eigenvalue weighted by Crippen LogP contribution is -2.44. The topological polar surface area (TPSA) is 121 Å². The third kappa shape index (κ3) is 4.49. The average molecular weight is 493 g/mol. The van der Waals surface area contributed by atoms with Crippen LogP contribution in [0.15, 0.2) is 73.3 Å². The van der Waals surface area contributed by atoms with E-state index in [4.69, 9.17) is 4.74 Å². The van der Waals surface area contributed by atoms with E-state index >= 15 is 0 Å². The van der Waals surface area contributed by atoms with Crippen LogP contribution in [0.4, 0.5) is 0 Å². The number of hydrogen-bond donors (Lipinski definition) is 1. The summed E-state index contributed by atoms with van der Waals surface area (Å²) in [6, 6.07) is 14.8. The van der Waals surface area contributed by atoms with Crippen molar-refractivity contribution in [1.82, 2.24) is 40.0 Å². The van der Waals surface area contributed by atoms with Crippen LogP contribution in [0.3, 0.4) is 0 Å². The molecule has 0 atom stereocenters. The molecule has 10 heteroatoms. The molecule has 10 nitrogen and oxygen atoms in total. The zero-order valence-electron chi connectivity index (χ0n) is 20.2. The van der Waals surface area contributed by atoms with E-state index in [1.165, 1.54) is 0 Å².